The molecule has 1 saturated heterocycles. The molecule has 0 radical (unpaired) electrons. The molecule has 0 aromatic heterocycles. The topological polar surface area (TPSA) is 113 Å². The molecule has 8 nitrogen and oxygen atoms in total. The molecular formula is C18H24ClN3O5. The van der Waals surface area contributed by atoms with Gasteiger partial charge in [-0.15, -0.1) is 12.4 Å². The molecule has 2 fully saturated rings. The normalized spacial score (nSPS) is 24.1. The van der Waals surface area contributed by atoms with Crippen LogP contribution in [0.2, 0.25) is 0 Å². The Labute approximate surface area is 163 Å². The first-order chi connectivity index (χ1) is 12.3. The van der Waals surface area contributed by atoms with Gasteiger partial charge in [-0.3, -0.25) is 19.7 Å². The van der Waals surface area contributed by atoms with Crippen molar-refractivity contribution in [2.24, 2.45) is 11.3 Å². The Kier molecular flexibility index (Phi) is 6.43. The third-order valence-electron chi connectivity index (χ3n) is 5.80. The zero-order chi connectivity index (χ0) is 18.9. The second-order valence-electron chi connectivity index (χ2n) is 7.29. The van der Waals surface area contributed by atoms with Crippen LogP contribution in [0.1, 0.15) is 31.2 Å². The number of anilines is 1. The van der Waals surface area contributed by atoms with Crippen molar-refractivity contribution in [3.8, 4) is 0 Å². The summed E-state index contributed by atoms with van der Waals surface area (Å²) in [7, 11) is 0. The largest absolute Gasteiger partial charge is 0.481 e. The highest BCUT2D eigenvalue weighted by atomic mass is 35.5. The Morgan fingerprint density at radius 3 is 2.81 bits per heavy atom. The van der Waals surface area contributed by atoms with Crippen LogP contribution in [0.25, 0.3) is 0 Å². The van der Waals surface area contributed by atoms with Gasteiger partial charge in [0.15, 0.2) is 0 Å². The molecule has 0 unspecified atom stereocenters. The van der Waals surface area contributed by atoms with Crippen LogP contribution < -0.4 is 5.32 Å². The summed E-state index contributed by atoms with van der Waals surface area (Å²) in [6.07, 6.45) is 2.83. The smallest absolute Gasteiger partial charge is 0.311 e. The lowest BCUT2D eigenvalue weighted by molar-refractivity contribution is -0.385. The number of carbonyl (C=O) groups excluding carboxylic acids is 1. The molecule has 0 spiro atoms. The Bertz CT molecular complexity index is 757. The number of hydrogen-bond acceptors (Lipinski definition) is 5. The van der Waals surface area contributed by atoms with E-state index in [1.165, 1.54) is 6.07 Å². The van der Waals surface area contributed by atoms with E-state index in [2.05, 4.69) is 10.2 Å². The van der Waals surface area contributed by atoms with Gasteiger partial charge in [-0.25, -0.2) is 0 Å². The second-order valence-corrected chi connectivity index (χ2v) is 7.29. The van der Waals surface area contributed by atoms with Gasteiger partial charge < -0.3 is 15.3 Å². The molecule has 2 aliphatic rings. The lowest BCUT2D eigenvalue weighted by Gasteiger charge is -2.23. The molecule has 148 valence electrons. The van der Waals surface area contributed by atoms with Gasteiger partial charge in [0, 0.05) is 32.1 Å². The van der Waals surface area contributed by atoms with E-state index in [1.54, 1.807) is 19.1 Å². The third-order valence-corrected chi connectivity index (χ3v) is 5.80. The predicted molar refractivity (Wildman–Crippen MR) is 102 cm³/mol. The molecule has 1 heterocycles. The van der Waals surface area contributed by atoms with Crippen LogP contribution in [0, 0.1) is 28.4 Å². The van der Waals surface area contributed by atoms with Crippen molar-refractivity contribution >= 4 is 35.7 Å². The van der Waals surface area contributed by atoms with Crippen molar-refractivity contribution in [3.05, 3.63) is 33.9 Å². The maximum absolute atomic E-state index is 12.2. The number of halogens is 1. The molecular weight excluding hydrogens is 374 g/mol. The van der Waals surface area contributed by atoms with E-state index in [-0.39, 0.29) is 36.3 Å². The highest BCUT2D eigenvalue weighted by molar-refractivity contribution is 5.92. The van der Waals surface area contributed by atoms with Gasteiger partial charge in [-0.1, -0.05) is 12.5 Å². The van der Waals surface area contributed by atoms with Gasteiger partial charge in [-0.2, -0.15) is 0 Å². The SMILES string of the molecule is Cc1c(NC(=O)CCN2C[C@@H]3CCC[C@@]3(C(=O)O)C2)cccc1[N+](=O)[O-].Cl. The van der Waals surface area contributed by atoms with Crippen molar-refractivity contribution in [3.63, 3.8) is 0 Å². The van der Waals surface area contributed by atoms with Crippen LogP contribution in [-0.4, -0.2) is 46.4 Å². The average molecular weight is 398 g/mol. The number of rotatable bonds is 6. The van der Waals surface area contributed by atoms with E-state index in [9.17, 15) is 24.8 Å². The number of nitro benzene ring substituents is 1. The number of carbonyl (C=O) groups is 2. The molecule has 27 heavy (non-hydrogen) atoms. The van der Waals surface area contributed by atoms with Crippen molar-refractivity contribution < 1.29 is 19.6 Å². The number of benzene rings is 1. The van der Waals surface area contributed by atoms with Crippen LogP contribution in [0.5, 0.6) is 0 Å². The molecule has 1 aliphatic heterocycles. The number of carboxylic acid groups (broad SMARTS) is 1. The van der Waals surface area contributed by atoms with Crippen molar-refractivity contribution in [2.75, 3.05) is 25.0 Å². The Hall–Kier alpha value is -2.19. The zero-order valence-corrected chi connectivity index (χ0v) is 16.0. The maximum Gasteiger partial charge on any atom is 0.311 e. The van der Waals surface area contributed by atoms with E-state index in [0.717, 1.165) is 19.4 Å². The number of carboxylic acids is 1. The fraction of sp³-hybridized carbons (Fsp3) is 0.556. The number of likely N-dealkylation sites (tertiary alicyclic amines) is 1. The first kappa shape index (κ1) is 21.1. The molecule has 1 aliphatic carbocycles. The minimum absolute atomic E-state index is 0. The molecule has 3 rings (SSSR count). The van der Waals surface area contributed by atoms with Gasteiger partial charge >= 0.3 is 5.97 Å². The number of nitrogens with one attached hydrogen (secondary N) is 1. The maximum atomic E-state index is 12.2. The summed E-state index contributed by atoms with van der Waals surface area (Å²) < 4.78 is 0. The van der Waals surface area contributed by atoms with E-state index in [1.807, 2.05) is 0 Å². The predicted octanol–water partition coefficient (Wildman–Crippen LogP) is 2.84. The van der Waals surface area contributed by atoms with E-state index >= 15 is 0 Å². The van der Waals surface area contributed by atoms with Crippen molar-refractivity contribution in [1.29, 1.82) is 0 Å². The van der Waals surface area contributed by atoms with Crippen LogP contribution >= 0.6 is 12.4 Å². The summed E-state index contributed by atoms with van der Waals surface area (Å²) in [6, 6.07) is 4.58. The highest BCUT2D eigenvalue weighted by Gasteiger charge is 2.54. The van der Waals surface area contributed by atoms with E-state index in [4.69, 9.17) is 0 Å². The number of fused-ring (bicyclic) bond motifs is 1. The zero-order valence-electron chi connectivity index (χ0n) is 15.1. The highest BCUT2D eigenvalue weighted by Crippen LogP contribution is 2.48. The van der Waals surface area contributed by atoms with E-state index < -0.39 is 16.3 Å². The number of hydrogen-bond donors (Lipinski definition) is 2. The summed E-state index contributed by atoms with van der Waals surface area (Å²) in [5.41, 5.74) is 0.182. The number of nitro groups is 1. The number of aliphatic carboxylic acids is 1. The molecule has 9 heteroatoms. The average Bonchev–Trinajstić information content (AvgIpc) is 3.12. The van der Waals surface area contributed by atoms with Crippen molar-refractivity contribution in [1.82, 2.24) is 4.90 Å². The minimum Gasteiger partial charge on any atom is -0.481 e. The molecule has 0 bridgehead atoms. The monoisotopic (exact) mass is 397 g/mol. The van der Waals surface area contributed by atoms with Crippen LogP contribution in [0.15, 0.2) is 18.2 Å². The van der Waals surface area contributed by atoms with E-state index in [0.29, 0.717) is 30.8 Å². The van der Waals surface area contributed by atoms with Gasteiger partial charge in [0.2, 0.25) is 5.91 Å². The molecule has 1 saturated carbocycles. The van der Waals surface area contributed by atoms with Gasteiger partial charge in [-0.05, 0) is 31.7 Å². The quantitative estimate of drug-likeness (QED) is 0.563. The standard InChI is InChI=1S/C18H23N3O5.ClH/c1-12-14(5-2-6-15(12)21(25)26)19-16(22)7-9-20-10-13-4-3-8-18(13,11-20)17(23)24;/h2,5-6,13H,3-4,7-11H2,1H3,(H,19,22)(H,23,24);1H/t13-,18+;/m0./s1. The first-order valence-corrected chi connectivity index (χ1v) is 8.83. The summed E-state index contributed by atoms with van der Waals surface area (Å²) in [5.74, 6) is -0.781. The second kappa shape index (κ2) is 8.22. The van der Waals surface area contributed by atoms with Gasteiger partial charge in [0.25, 0.3) is 5.69 Å². The molecule has 1 aromatic carbocycles. The summed E-state index contributed by atoms with van der Waals surface area (Å²) in [5, 5.41) is 23.3. The fourth-order valence-electron chi connectivity index (χ4n) is 4.34. The molecule has 2 N–H and O–H groups in total. The van der Waals surface area contributed by atoms with Crippen LogP contribution in [0.4, 0.5) is 11.4 Å². The molecule has 2 atom stereocenters. The summed E-state index contributed by atoms with van der Waals surface area (Å²) in [4.78, 5) is 36.5. The Morgan fingerprint density at radius 2 is 2.19 bits per heavy atom. The lowest BCUT2D eigenvalue weighted by atomic mass is 9.81. The van der Waals surface area contributed by atoms with Crippen LogP contribution in [-0.2, 0) is 9.59 Å². The first-order valence-electron chi connectivity index (χ1n) is 8.83. The van der Waals surface area contributed by atoms with Gasteiger partial charge in [0.05, 0.1) is 21.6 Å². The van der Waals surface area contributed by atoms with Crippen molar-refractivity contribution in [2.45, 2.75) is 32.6 Å². The fourth-order valence-corrected chi connectivity index (χ4v) is 4.34. The number of amides is 1. The number of nitrogens with zero attached hydrogens (tertiary/aromatic N) is 2. The van der Waals surface area contributed by atoms with Gasteiger partial charge in [0.1, 0.15) is 0 Å². The Balaban J connectivity index is 0.00000261. The molecule has 1 aromatic rings. The summed E-state index contributed by atoms with van der Waals surface area (Å²) in [6.45, 7) is 3.31. The lowest BCUT2D eigenvalue weighted by Crippen LogP contribution is -2.36. The summed E-state index contributed by atoms with van der Waals surface area (Å²) >= 11 is 0. The minimum atomic E-state index is -0.723. The molecule has 1 amide bonds. The Morgan fingerprint density at radius 1 is 1.44 bits per heavy atom. The van der Waals surface area contributed by atoms with Crippen LogP contribution in [0.3, 0.4) is 0 Å². The third kappa shape index (κ3) is 4.06.